The Bertz CT molecular complexity index is 61.1. The fourth-order valence-electron chi connectivity index (χ4n) is 1.29. The van der Waals surface area contributed by atoms with E-state index in [2.05, 4.69) is 20.8 Å². The van der Waals surface area contributed by atoms with Gasteiger partial charge in [0.25, 0.3) is 0 Å². The third-order valence-electron chi connectivity index (χ3n) is 2.34. The van der Waals surface area contributed by atoms with Gasteiger partial charge in [0.15, 0.2) is 0 Å². The van der Waals surface area contributed by atoms with E-state index in [0.29, 0.717) is 0 Å². The van der Waals surface area contributed by atoms with Crippen molar-refractivity contribution in [3.63, 3.8) is 0 Å². The summed E-state index contributed by atoms with van der Waals surface area (Å²) in [4.78, 5) is 0. The van der Waals surface area contributed by atoms with Crippen LogP contribution in [0.1, 0.15) is 40.0 Å². The van der Waals surface area contributed by atoms with Crippen LogP contribution in [0.4, 0.5) is 0 Å². The highest BCUT2D eigenvalue weighted by Gasteiger charge is 2.09. The van der Waals surface area contributed by atoms with Gasteiger partial charge in [-0.25, -0.2) is 0 Å². The number of hydrogen-bond donors (Lipinski definition) is 1. The number of nitrogens with two attached hydrogens (primary N) is 1. The minimum atomic E-state index is 0.810. The van der Waals surface area contributed by atoms with Crippen LogP contribution in [0.5, 0.6) is 0 Å². The Hall–Kier alpha value is -0.0400. The van der Waals surface area contributed by atoms with E-state index in [1.165, 1.54) is 19.3 Å². The normalized spacial score (nSPS) is 16.8. The van der Waals surface area contributed by atoms with Gasteiger partial charge in [0.05, 0.1) is 0 Å². The molecule has 0 amide bonds. The largest absolute Gasteiger partial charge is 0.330 e. The summed E-state index contributed by atoms with van der Waals surface area (Å²) in [5.74, 6) is 1.67. The third kappa shape index (κ3) is 3.89. The van der Waals surface area contributed by atoms with Crippen LogP contribution in [0, 0.1) is 11.8 Å². The second-order valence-corrected chi connectivity index (χ2v) is 3.32. The van der Waals surface area contributed by atoms with Gasteiger partial charge in [-0.05, 0) is 24.8 Å². The Morgan fingerprint density at radius 3 is 2.00 bits per heavy atom. The van der Waals surface area contributed by atoms with Crippen molar-refractivity contribution in [2.45, 2.75) is 40.0 Å². The molecular formula is C9H21N. The summed E-state index contributed by atoms with van der Waals surface area (Å²) in [6, 6.07) is 0. The average molecular weight is 143 g/mol. The maximum absolute atomic E-state index is 5.46. The minimum Gasteiger partial charge on any atom is -0.330 e. The van der Waals surface area contributed by atoms with E-state index in [9.17, 15) is 0 Å². The van der Waals surface area contributed by atoms with Gasteiger partial charge in [0.1, 0.15) is 0 Å². The third-order valence-corrected chi connectivity index (χ3v) is 2.34. The lowest BCUT2D eigenvalue weighted by molar-refractivity contribution is 0.345. The molecule has 1 nitrogen and oxygen atoms in total. The van der Waals surface area contributed by atoms with Gasteiger partial charge >= 0.3 is 0 Å². The second kappa shape index (κ2) is 5.72. The molecule has 62 valence electrons. The first-order chi connectivity index (χ1) is 4.72. The molecule has 0 rings (SSSR count). The van der Waals surface area contributed by atoms with E-state index in [-0.39, 0.29) is 0 Å². The van der Waals surface area contributed by atoms with Gasteiger partial charge in [0, 0.05) is 0 Å². The zero-order valence-corrected chi connectivity index (χ0v) is 7.56. The molecule has 10 heavy (non-hydrogen) atoms. The predicted molar refractivity (Wildman–Crippen MR) is 46.9 cm³/mol. The molecule has 1 unspecified atom stereocenters. The molecule has 0 aliphatic carbocycles. The molecule has 0 aromatic heterocycles. The summed E-state index contributed by atoms with van der Waals surface area (Å²) in [5, 5.41) is 0. The summed E-state index contributed by atoms with van der Waals surface area (Å²) in [7, 11) is 0. The SMILES string of the molecule is CCCC(C)[C@@H](C)CCN. The van der Waals surface area contributed by atoms with Crippen LogP contribution >= 0.6 is 0 Å². The first kappa shape index (κ1) is 9.96. The smallest absolute Gasteiger partial charge is 0.00746 e. The van der Waals surface area contributed by atoms with E-state index in [0.717, 1.165) is 18.4 Å². The quantitative estimate of drug-likeness (QED) is 0.628. The molecule has 0 radical (unpaired) electrons. The molecule has 0 aromatic rings. The molecule has 0 fully saturated rings. The van der Waals surface area contributed by atoms with Crippen molar-refractivity contribution in [3.05, 3.63) is 0 Å². The van der Waals surface area contributed by atoms with Crippen molar-refractivity contribution in [2.24, 2.45) is 17.6 Å². The summed E-state index contributed by atoms with van der Waals surface area (Å²) in [6.07, 6.45) is 3.83. The standard InChI is InChI=1S/C9H21N/c1-4-5-8(2)9(3)6-7-10/h8-9H,4-7,10H2,1-3H3/t8?,9-/m0/s1. The zero-order valence-electron chi connectivity index (χ0n) is 7.56. The van der Waals surface area contributed by atoms with Crippen LogP contribution in [0.15, 0.2) is 0 Å². The molecule has 2 atom stereocenters. The van der Waals surface area contributed by atoms with E-state index < -0.39 is 0 Å². The van der Waals surface area contributed by atoms with E-state index >= 15 is 0 Å². The van der Waals surface area contributed by atoms with Crippen LogP contribution in [0.3, 0.4) is 0 Å². The van der Waals surface area contributed by atoms with Gasteiger partial charge in [0.2, 0.25) is 0 Å². The van der Waals surface area contributed by atoms with E-state index in [1.807, 2.05) is 0 Å². The fraction of sp³-hybridized carbons (Fsp3) is 1.00. The topological polar surface area (TPSA) is 26.0 Å². The van der Waals surface area contributed by atoms with Gasteiger partial charge in [-0.3, -0.25) is 0 Å². The highest BCUT2D eigenvalue weighted by molar-refractivity contribution is 4.61. The molecule has 0 heterocycles. The molecule has 0 aliphatic rings. The van der Waals surface area contributed by atoms with Crippen LogP contribution < -0.4 is 5.73 Å². The molecule has 2 N–H and O–H groups in total. The Kier molecular flexibility index (Phi) is 5.70. The lowest BCUT2D eigenvalue weighted by Crippen LogP contribution is -2.12. The molecular weight excluding hydrogens is 122 g/mol. The van der Waals surface area contributed by atoms with Crippen molar-refractivity contribution < 1.29 is 0 Å². The molecule has 1 heteroatoms. The highest BCUT2D eigenvalue weighted by Crippen LogP contribution is 2.18. The van der Waals surface area contributed by atoms with Crippen LogP contribution in [-0.4, -0.2) is 6.54 Å². The van der Waals surface area contributed by atoms with Crippen molar-refractivity contribution in [1.29, 1.82) is 0 Å². The van der Waals surface area contributed by atoms with Crippen molar-refractivity contribution >= 4 is 0 Å². The van der Waals surface area contributed by atoms with Crippen LogP contribution in [-0.2, 0) is 0 Å². The lowest BCUT2D eigenvalue weighted by atomic mass is 9.89. The van der Waals surface area contributed by atoms with E-state index in [1.54, 1.807) is 0 Å². The number of rotatable bonds is 5. The second-order valence-electron chi connectivity index (χ2n) is 3.32. The maximum atomic E-state index is 5.46. The summed E-state index contributed by atoms with van der Waals surface area (Å²) in [6.45, 7) is 7.71. The predicted octanol–water partition coefficient (Wildman–Crippen LogP) is 2.41. The Labute approximate surface area is 65.0 Å². The van der Waals surface area contributed by atoms with E-state index in [4.69, 9.17) is 5.73 Å². The van der Waals surface area contributed by atoms with Crippen molar-refractivity contribution in [3.8, 4) is 0 Å². The number of hydrogen-bond acceptors (Lipinski definition) is 1. The molecule has 0 aliphatic heterocycles. The first-order valence-electron chi connectivity index (χ1n) is 4.42. The van der Waals surface area contributed by atoms with Gasteiger partial charge in [-0.1, -0.05) is 33.6 Å². The summed E-state index contributed by atoms with van der Waals surface area (Å²) < 4.78 is 0. The van der Waals surface area contributed by atoms with Gasteiger partial charge in [-0.15, -0.1) is 0 Å². The molecule has 0 saturated carbocycles. The average Bonchev–Trinajstić information content (AvgIpc) is 1.89. The minimum absolute atomic E-state index is 0.810. The highest BCUT2D eigenvalue weighted by atomic mass is 14.5. The van der Waals surface area contributed by atoms with Gasteiger partial charge in [-0.2, -0.15) is 0 Å². The summed E-state index contributed by atoms with van der Waals surface area (Å²) in [5.41, 5.74) is 5.46. The molecule has 0 bridgehead atoms. The summed E-state index contributed by atoms with van der Waals surface area (Å²) >= 11 is 0. The first-order valence-corrected chi connectivity index (χ1v) is 4.42. The van der Waals surface area contributed by atoms with Crippen LogP contribution in [0.25, 0.3) is 0 Å². The molecule has 0 saturated heterocycles. The Balaban J connectivity index is 3.38. The fourth-order valence-corrected chi connectivity index (χ4v) is 1.29. The zero-order chi connectivity index (χ0) is 7.98. The Morgan fingerprint density at radius 1 is 1.10 bits per heavy atom. The lowest BCUT2D eigenvalue weighted by Gasteiger charge is -2.17. The maximum Gasteiger partial charge on any atom is -0.00746 e. The Morgan fingerprint density at radius 2 is 1.60 bits per heavy atom. The molecule has 0 spiro atoms. The molecule has 0 aromatic carbocycles. The van der Waals surface area contributed by atoms with Crippen LogP contribution in [0.2, 0.25) is 0 Å². The van der Waals surface area contributed by atoms with Crippen molar-refractivity contribution in [1.82, 2.24) is 0 Å². The van der Waals surface area contributed by atoms with Crippen molar-refractivity contribution in [2.75, 3.05) is 6.54 Å². The van der Waals surface area contributed by atoms with Gasteiger partial charge < -0.3 is 5.73 Å². The monoisotopic (exact) mass is 143 g/mol.